The molecular formula is C20H32O7. The Morgan fingerprint density at radius 1 is 1.41 bits per heavy atom. The Balaban J connectivity index is 0.000000646. The minimum atomic E-state index is -1.18. The largest absolute Gasteiger partial charge is 0.469 e. The van der Waals surface area contributed by atoms with E-state index < -0.39 is 24.1 Å². The summed E-state index contributed by atoms with van der Waals surface area (Å²) in [6.45, 7) is 10.9. The third-order valence-corrected chi connectivity index (χ3v) is 4.84. The maximum Gasteiger partial charge on any atom is 0.302 e. The molecule has 0 aliphatic carbocycles. The Kier molecular flexibility index (Phi) is 8.81. The second kappa shape index (κ2) is 10.1. The zero-order valence-electron chi connectivity index (χ0n) is 16.8. The lowest BCUT2D eigenvalue weighted by atomic mass is 9.88. The summed E-state index contributed by atoms with van der Waals surface area (Å²) in [5, 5.41) is 20.4. The standard InChI is InChI=1S/C17H26O5.C3H6O2/c1-5-7-10(3)15-16-14(20)9-17(21-15,22-16)11(4)13(19)8-12(18)6-2;1-3(4)5-2/h5,7,10,13-16,19-20H,4,6,8-9H2,1-3H3;1-2H3/b7-5-;/t10?,13?,14?,15?,16-,17-;/m0./s1. The summed E-state index contributed by atoms with van der Waals surface area (Å²) in [5.74, 6) is -1.39. The quantitative estimate of drug-likeness (QED) is 0.510. The van der Waals surface area contributed by atoms with Gasteiger partial charge in [0.1, 0.15) is 11.9 Å². The first-order valence-electron chi connectivity index (χ1n) is 9.21. The van der Waals surface area contributed by atoms with Gasteiger partial charge < -0.3 is 24.4 Å². The van der Waals surface area contributed by atoms with E-state index in [1.807, 2.05) is 26.0 Å². The maximum absolute atomic E-state index is 11.5. The summed E-state index contributed by atoms with van der Waals surface area (Å²) >= 11 is 0. The van der Waals surface area contributed by atoms with E-state index in [2.05, 4.69) is 11.3 Å². The van der Waals surface area contributed by atoms with Gasteiger partial charge in [-0.1, -0.05) is 32.6 Å². The second-order valence-electron chi connectivity index (χ2n) is 6.91. The van der Waals surface area contributed by atoms with E-state index in [1.165, 1.54) is 14.0 Å². The molecule has 0 aromatic heterocycles. The molecule has 4 unspecified atom stereocenters. The molecule has 0 amide bonds. The number of allylic oxidation sites excluding steroid dienone is 1. The lowest BCUT2D eigenvalue weighted by Gasteiger charge is -2.34. The van der Waals surface area contributed by atoms with Gasteiger partial charge in [0, 0.05) is 37.7 Å². The average Bonchev–Trinajstić information content (AvgIpc) is 3.17. The number of rotatable bonds is 7. The van der Waals surface area contributed by atoms with Crippen molar-refractivity contribution in [1.82, 2.24) is 0 Å². The van der Waals surface area contributed by atoms with Crippen molar-refractivity contribution in [2.75, 3.05) is 7.11 Å². The molecule has 0 aromatic rings. The van der Waals surface area contributed by atoms with Crippen LogP contribution in [-0.4, -0.2) is 59.3 Å². The first kappa shape index (κ1) is 23.5. The van der Waals surface area contributed by atoms with Crippen LogP contribution in [0.5, 0.6) is 0 Å². The van der Waals surface area contributed by atoms with Gasteiger partial charge >= 0.3 is 5.97 Å². The van der Waals surface area contributed by atoms with E-state index in [0.717, 1.165) is 0 Å². The molecule has 0 saturated carbocycles. The highest BCUT2D eigenvalue weighted by atomic mass is 16.8. The number of esters is 1. The molecule has 2 saturated heterocycles. The summed E-state index contributed by atoms with van der Waals surface area (Å²) in [5.41, 5.74) is 0.325. The molecule has 2 fully saturated rings. The molecule has 27 heavy (non-hydrogen) atoms. The van der Waals surface area contributed by atoms with Crippen molar-refractivity contribution < 1.29 is 34.0 Å². The zero-order chi connectivity index (χ0) is 20.8. The summed E-state index contributed by atoms with van der Waals surface area (Å²) in [6.07, 6.45) is 2.14. The second-order valence-corrected chi connectivity index (χ2v) is 6.91. The average molecular weight is 384 g/mol. The zero-order valence-corrected chi connectivity index (χ0v) is 16.8. The minimum Gasteiger partial charge on any atom is -0.469 e. The van der Waals surface area contributed by atoms with Crippen LogP contribution in [0.3, 0.4) is 0 Å². The van der Waals surface area contributed by atoms with Crippen molar-refractivity contribution in [1.29, 1.82) is 0 Å². The third kappa shape index (κ3) is 5.72. The molecule has 0 aromatic carbocycles. The number of carbonyl (C=O) groups is 2. The molecule has 2 aliphatic heterocycles. The Bertz CT molecular complexity index is 571. The molecule has 2 heterocycles. The number of carbonyl (C=O) groups excluding carboxylic acids is 2. The van der Waals surface area contributed by atoms with Gasteiger partial charge in [0.15, 0.2) is 5.79 Å². The fourth-order valence-corrected chi connectivity index (χ4v) is 3.23. The van der Waals surface area contributed by atoms with E-state index >= 15 is 0 Å². The number of ketones is 1. The van der Waals surface area contributed by atoms with Crippen LogP contribution >= 0.6 is 0 Å². The Morgan fingerprint density at radius 2 is 2.00 bits per heavy atom. The molecule has 0 radical (unpaired) electrons. The summed E-state index contributed by atoms with van der Waals surface area (Å²) in [4.78, 5) is 21.1. The van der Waals surface area contributed by atoms with E-state index in [9.17, 15) is 19.8 Å². The van der Waals surface area contributed by atoms with Crippen molar-refractivity contribution in [2.45, 2.75) is 77.2 Å². The fourth-order valence-electron chi connectivity index (χ4n) is 3.23. The SMILES string of the molecule is C=C(C(O)CC(=O)CC)[C@]12CC(O)[C@H](O1)C(C(C)/C=C\C)O2.COC(C)=O. The van der Waals surface area contributed by atoms with Gasteiger partial charge in [0.2, 0.25) is 0 Å². The number of ether oxygens (including phenoxy) is 3. The normalized spacial score (nSPS) is 31.1. The molecular weight excluding hydrogens is 352 g/mol. The first-order chi connectivity index (χ1) is 12.6. The van der Waals surface area contributed by atoms with Crippen LogP contribution < -0.4 is 0 Å². The van der Waals surface area contributed by atoms with Crippen LogP contribution in [0.4, 0.5) is 0 Å². The van der Waals surface area contributed by atoms with Gasteiger partial charge in [-0.25, -0.2) is 0 Å². The molecule has 6 atom stereocenters. The lowest BCUT2D eigenvalue weighted by Crippen LogP contribution is -2.45. The molecule has 0 spiro atoms. The Morgan fingerprint density at radius 3 is 2.48 bits per heavy atom. The van der Waals surface area contributed by atoms with Crippen LogP contribution in [0.15, 0.2) is 24.3 Å². The van der Waals surface area contributed by atoms with Crippen molar-refractivity contribution in [2.24, 2.45) is 5.92 Å². The van der Waals surface area contributed by atoms with Crippen molar-refractivity contribution >= 4 is 11.8 Å². The summed E-state index contributed by atoms with van der Waals surface area (Å²) in [6, 6.07) is 0. The molecule has 2 bridgehead atoms. The third-order valence-electron chi connectivity index (χ3n) is 4.84. The number of aliphatic hydroxyl groups excluding tert-OH is 2. The maximum atomic E-state index is 11.5. The highest BCUT2D eigenvalue weighted by Gasteiger charge is 2.61. The van der Waals surface area contributed by atoms with Crippen LogP contribution in [0.1, 0.15) is 47.0 Å². The highest BCUT2D eigenvalue weighted by Crippen LogP contribution is 2.49. The Hall–Kier alpha value is -1.54. The van der Waals surface area contributed by atoms with E-state index in [0.29, 0.717) is 12.0 Å². The number of aliphatic hydroxyl groups is 2. The smallest absolute Gasteiger partial charge is 0.302 e. The van der Waals surface area contributed by atoms with Gasteiger partial charge in [-0.3, -0.25) is 9.59 Å². The van der Waals surface area contributed by atoms with Gasteiger partial charge in [-0.05, 0) is 6.92 Å². The number of methoxy groups -OCH3 is 1. The van der Waals surface area contributed by atoms with Crippen molar-refractivity contribution in [3.63, 3.8) is 0 Å². The topological polar surface area (TPSA) is 102 Å². The minimum absolute atomic E-state index is 0.000349. The van der Waals surface area contributed by atoms with E-state index in [-0.39, 0.29) is 36.6 Å². The Labute approximate surface area is 161 Å². The monoisotopic (exact) mass is 384 g/mol. The highest BCUT2D eigenvalue weighted by molar-refractivity contribution is 5.78. The summed E-state index contributed by atoms with van der Waals surface area (Å²) in [7, 11) is 1.35. The van der Waals surface area contributed by atoms with Crippen molar-refractivity contribution in [3.05, 3.63) is 24.3 Å². The molecule has 2 aliphatic rings. The molecule has 154 valence electrons. The molecule has 2 rings (SSSR count). The number of fused-ring (bicyclic) bond motifs is 2. The summed E-state index contributed by atoms with van der Waals surface area (Å²) < 4.78 is 16.0. The first-order valence-corrected chi connectivity index (χ1v) is 9.21. The number of hydrogen-bond donors (Lipinski definition) is 2. The van der Waals surface area contributed by atoms with Crippen molar-refractivity contribution in [3.8, 4) is 0 Å². The fraction of sp³-hybridized carbons (Fsp3) is 0.700. The van der Waals surface area contributed by atoms with Crippen LogP contribution in [0, 0.1) is 5.92 Å². The van der Waals surface area contributed by atoms with Gasteiger partial charge in [0.05, 0.1) is 25.4 Å². The van der Waals surface area contributed by atoms with E-state index in [4.69, 9.17) is 9.47 Å². The van der Waals surface area contributed by atoms with E-state index in [1.54, 1.807) is 6.92 Å². The predicted octanol–water partition coefficient (Wildman–Crippen LogP) is 1.91. The van der Waals surface area contributed by atoms with Gasteiger partial charge in [0.25, 0.3) is 0 Å². The van der Waals surface area contributed by atoms with Gasteiger partial charge in [-0.2, -0.15) is 0 Å². The van der Waals surface area contributed by atoms with Crippen LogP contribution in [-0.2, 0) is 23.8 Å². The van der Waals surface area contributed by atoms with Gasteiger partial charge in [-0.15, -0.1) is 0 Å². The lowest BCUT2D eigenvalue weighted by molar-refractivity contribution is -0.147. The van der Waals surface area contributed by atoms with Crippen LogP contribution in [0.25, 0.3) is 0 Å². The van der Waals surface area contributed by atoms with Crippen LogP contribution in [0.2, 0.25) is 0 Å². The molecule has 7 nitrogen and oxygen atoms in total. The molecule has 2 N–H and O–H groups in total. The number of Topliss-reactive ketones (excluding diaryl/α,β-unsaturated/α-hetero) is 1. The predicted molar refractivity (Wildman–Crippen MR) is 99.8 cm³/mol. The number of hydrogen-bond acceptors (Lipinski definition) is 7. The molecule has 7 heteroatoms.